The lowest BCUT2D eigenvalue weighted by Gasteiger charge is -2.38. The fraction of sp³-hybridized carbons (Fsp3) is 0.562. The van der Waals surface area contributed by atoms with Crippen LogP contribution in [-0.4, -0.2) is 36.5 Å². The average molecular weight is 355 g/mol. The molecule has 4 nitrogen and oxygen atoms in total. The van der Waals surface area contributed by atoms with Gasteiger partial charge in [-0.1, -0.05) is 15.9 Å². The number of nitrogens with two attached hydrogens (primary N) is 1. The largest absolute Gasteiger partial charge is 0.496 e. The standard InChI is InChI=1S/C16H23BrN2O2/c1-11(18)14-5-3-4-8-19(14)16(20)10-12-9-13(17)6-7-15(12)21-2/h6-7,9,11,14H,3-5,8,10,18H2,1-2H3. The predicted octanol–water partition coefficient (Wildman–Crippen LogP) is 2.73. The number of ether oxygens (including phenoxy) is 1. The van der Waals surface area contributed by atoms with Crippen LogP contribution in [0.3, 0.4) is 0 Å². The molecule has 0 saturated carbocycles. The summed E-state index contributed by atoms with van der Waals surface area (Å²) in [5.74, 6) is 0.884. The van der Waals surface area contributed by atoms with Crippen LogP contribution >= 0.6 is 15.9 Å². The van der Waals surface area contributed by atoms with E-state index in [1.807, 2.05) is 30.0 Å². The molecule has 1 amide bonds. The van der Waals surface area contributed by atoms with E-state index in [0.29, 0.717) is 6.42 Å². The SMILES string of the molecule is COc1ccc(Br)cc1CC(=O)N1CCCCC1C(C)N. The number of rotatable bonds is 4. The molecule has 1 aliphatic rings. The minimum atomic E-state index is 0.0126. The second kappa shape index (κ2) is 7.27. The van der Waals surface area contributed by atoms with E-state index in [9.17, 15) is 4.79 Å². The summed E-state index contributed by atoms with van der Waals surface area (Å²) in [6.45, 7) is 2.79. The van der Waals surface area contributed by atoms with Gasteiger partial charge in [-0.2, -0.15) is 0 Å². The molecule has 1 saturated heterocycles. The molecule has 1 heterocycles. The molecule has 116 valence electrons. The molecule has 2 atom stereocenters. The average Bonchev–Trinajstić information content (AvgIpc) is 2.47. The van der Waals surface area contributed by atoms with Crippen molar-refractivity contribution in [1.29, 1.82) is 0 Å². The highest BCUT2D eigenvalue weighted by atomic mass is 79.9. The minimum Gasteiger partial charge on any atom is -0.496 e. The number of carbonyl (C=O) groups excluding carboxylic acids is 1. The molecule has 1 fully saturated rings. The molecule has 5 heteroatoms. The summed E-state index contributed by atoms with van der Waals surface area (Å²) < 4.78 is 6.30. The molecule has 2 N–H and O–H groups in total. The molecule has 2 unspecified atom stereocenters. The number of halogens is 1. The number of benzene rings is 1. The predicted molar refractivity (Wildman–Crippen MR) is 87.4 cm³/mol. The van der Waals surface area contributed by atoms with Crippen molar-refractivity contribution in [3.8, 4) is 5.75 Å². The van der Waals surface area contributed by atoms with Crippen LogP contribution in [0.1, 0.15) is 31.7 Å². The first-order valence-corrected chi connectivity index (χ1v) is 8.19. The van der Waals surface area contributed by atoms with Crippen molar-refractivity contribution >= 4 is 21.8 Å². The lowest BCUT2D eigenvalue weighted by molar-refractivity contribution is -0.134. The van der Waals surface area contributed by atoms with E-state index in [-0.39, 0.29) is 18.0 Å². The van der Waals surface area contributed by atoms with Crippen LogP contribution in [0.4, 0.5) is 0 Å². The third-order valence-corrected chi connectivity index (χ3v) is 4.55. The molecule has 2 rings (SSSR count). The summed E-state index contributed by atoms with van der Waals surface area (Å²) in [5, 5.41) is 0. The van der Waals surface area contributed by atoms with Crippen LogP contribution < -0.4 is 10.5 Å². The van der Waals surface area contributed by atoms with Crippen LogP contribution in [0.15, 0.2) is 22.7 Å². The number of likely N-dealkylation sites (tertiary alicyclic amines) is 1. The maximum absolute atomic E-state index is 12.7. The van der Waals surface area contributed by atoms with E-state index in [0.717, 1.165) is 41.6 Å². The summed E-state index contributed by atoms with van der Waals surface area (Å²) in [6, 6.07) is 5.91. The monoisotopic (exact) mass is 354 g/mol. The number of carbonyl (C=O) groups is 1. The zero-order chi connectivity index (χ0) is 15.4. The molecule has 0 aliphatic carbocycles. The second-order valence-electron chi connectivity index (χ2n) is 5.64. The van der Waals surface area contributed by atoms with Crippen molar-refractivity contribution in [2.75, 3.05) is 13.7 Å². The molecule has 1 aliphatic heterocycles. The topological polar surface area (TPSA) is 55.6 Å². The Labute approximate surface area is 134 Å². The Morgan fingerprint density at radius 1 is 1.52 bits per heavy atom. The van der Waals surface area contributed by atoms with Crippen molar-refractivity contribution in [2.24, 2.45) is 5.73 Å². The van der Waals surface area contributed by atoms with Gasteiger partial charge in [-0.3, -0.25) is 4.79 Å². The summed E-state index contributed by atoms with van der Waals surface area (Å²) in [6.07, 6.45) is 3.56. The zero-order valence-electron chi connectivity index (χ0n) is 12.6. The highest BCUT2D eigenvalue weighted by Crippen LogP contribution is 2.26. The van der Waals surface area contributed by atoms with Crippen molar-refractivity contribution in [2.45, 2.75) is 44.7 Å². The van der Waals surface area contributed by atoms with Crippen LogP contribution in [0.25, 0.3) is 0 Å². The maximum Gasteiger partial charge on any atom is 0.227 e. The molecule has 0 bridgehead atoms. The van der Waals surface area contributed by atoms with Gasteiger partial charge in [0.2, 0.25) is 5.91 Å². The Morgan fingerprint density at radius 2 is 2.29 bits per heavy atom. The fourth-order valence-corrected chi connectivity index (χ4v) is 3.37. The number of hydrogen-bond acceptors (Lipinski definition) is 3. The Hall–Kier alpha value is -1.07. The van der Waals surface area contributed by atoms with E-state index in [2.05, 4.69) is 15.9 Å². The van der Waals surface area contributed by atoms with Crippen molar-refractivity contribution in [3.63, 3.8) is 0 Å². The van der Waals surface area contributed by atoms with Gasteiger partial charge in [0.15, 0.2) is 0 Å². The summed E-state index contributed by atoms with van der Waals surface area (Å²) in [4.78, 5) is 14.6. The highest BCUT2D eigenvalue weighted by Gasteiger charge is 2.29. The Bertz CT molecular complexity index is 505. The Kier molecular flexibility index (Phi) is 5.65. The molecule has 0 radical (unpaired) electrons. The summed E-state index contributed by atoms with van der Waals surface area (Å²) >= 11 is 3.45. The van der Waals surface area contributed by atoms with Gasteiger partial charge < -0.3 is 15.4 Å². The Balaban J connectivity index is 2.15. The van der Waals surface area contributed by atoms with Crippen molar-refractivity contribution < 1.29 is 9.53 Å². The van der Waals surface area contributed by atoms with E-state index < -0.39 is 0 Å². The normalized spacial score (nSPS) is 20.2. The van der Waals surface area contributed by atoms with Gasteiger partial charge in [0.25, 0.3) is 0 Å². The van der Waals surface area contributed by atoms with Gasteiger partial charge in [0.1, 0.15) is 5.75 Å². The van der Waals surface area contributed by atoms with Gasteiger partial charge in [0, 0.05) is 28.7 Å². The first-order chi connectivity index (χ1) is 10.0. The van der Waals surface area contributed by atoms with E-state index in [1.165, 1.54) is 0 Å². The number of amides is 1. The third-order valence-electron chi connectivity index (χ3n) is 4.06. The van der Waals surface area contributed by atoms with Crippen LogP contribution in [-0.2, 0) is 11.2 Å². The number of hydrogen-bond donors (Lipinski definition) is 1. The molecule has 0 aromatic heterocycles. The van der Waals surface area contributed by atoms with Crippen molar-refractivity contribution in [3.05, 3.63) is 28.2 Å². The second-order valence-corrected chi connectivity index (χ2v) is 6.56. The van der Waals surface area contributed by atoms with E-state index in [1.54, 1.807) is 7.11 Å². The molecule has 1 aromatic carbocycles. The third kappa shape index (κ3) is 3.98. The van der Waals surface area contributed by atoms with E-state index in [4.69, 9.17) is 10.5 Å². The van der Waals surface area contributed by atoms with Gasteiger partial charge >= 0.3 is 0 Å². The number of piperidine rings is 1. The lowest BCUT2D eigenvalue weighted by atomic mass is 9.96. The quantitative estimate of drug-likeness (QED) is 0.904. The summed E-state index contributed by atoms with van der Waals surface area (Å²) in [5.41, 5.74) is 6.95. The first-order valence-electron chi connectivity index (χ1n) is 7.40. The molecule has 1 aromatic rings. The lowest BCUT2D eigenvalue weighted by Crippen LogP contribution is -2.52. The smallest absolute Gasteiger partial charge is 0.227 e. The molecular formula is C16H23BrN2O2. The fourth-order valence-electron chi connectivity index (χ4n) is 2.96. The number of methoxy groups -OCH3 is 1. The summed E-state index contributed by atoms with van der Waals surface area (Å²) in [7, 11) is 1.63. The van der Waals surface area contributed by atoms with Crippen LogP contribution in [0, 0.1) is 0 Å². The van der Waals surface area contributed by atoms with Crippen molar-refractivity contribution in [1.82, 2.24) is 4.90 Å². The van der Waals surface area contributed by atoms with Gasteiger partial charge in [0.05, 0.1) is 13.5 Å². The Morgan fingerprint density at radius 3 is 2.95 bits per heavy atom. The van der Waals surface area contributed by atoms with Gasteiger partial charge in [-0.15, -0.1) is 0 Å². The maximum atomic E-state index is 12.7. The molecule has 21 heavy (non-hydrogen) atoms. The first kappa shape index (κ1) is 16.3. The minimum absolute atomic E-state index is 0.0126. The number of nitrogens with zero attached hydrogens (tertiary/aromatic N) is 1. The van der Waals surface area contributed by atoms with E-state index >= 15 is 0 Å². The zero-order valence-corrected chi connectivity index (χ0v) is 14.2. The highest BCUT2D eigenvalue weighted by molar-refractivity contribution is 9.10. The molecule has 0 spiro atoms. The van der Waals surface area contributed by atoms with Gasteiger partial charge in [-0.25, -0.2) is 0 Å². The van der Waals surface area contributed by atoms with Gasteiger partial charge in [-0.05, 0) is 44.4 Å². The molecular weight excluding hydrogens is 332 g/mol. The van der Waals surface area contributed by atoms with Crippen LogP contribution in [0.2, 0.25) is 0 Å². The van der Waals surface area contributed by atoms with Crippen LogP contribution in [0.5, 0.6) is 5.75 Å².